The van der Waals surface area contributed by atoms with Gasteiger partial charge in [-0.3, -0.25) is 19.6 Å². The second kappa shape index (κ2) is 8.34. The molecule has 2 aliphatic heterocycles. The van der Waals surface area contributed by atoms with Gasteiger partial charge in [-0.25, -0.2) is 18.2 Å². The standard InChI is InChI=1S/C14H14F3N5O6S3/c1-5-18-13(21-20-5)30-3-6-2-29-11-8(10(24)22(11)9(6)12(25)26)19-7(23)4-31(27,28)14(15,16)17/h8,11H,2-4H2,1H3,(H,19,23)(H,25,26)(H,18,20,21)/t8?,11-/m1/s1. The fourth-order valence-corrected chi connectivity index (χ4v) is 5.72. The number of H-pyrrole nitrogens is 1. The molecule has 3 rings (SSSR count). The Morgan fingerprint density at radius 1 is 1.42 bits per heavy atom. The highest BCUT2D eigenvalue weighted by Gasteiger charge is 2.55. The molecule has 0 aromatic carbocycles. The molecule has 0 radical (unpaired) electrons. The van der Waals surface area contributed by atoms with E-state index in [4.69, 9.17) is 0 Å². The average molecular weight is 501 g/mol. The van der Waals surface area contributed by atoms with Crippen molar-refractivity contribution in [1.29, 1.82) is 0 Å². The monoisotopic (exact) mass is 501 g/mol. The molecule has 1 unspecified atom stereocenters. The van der Waals surface area contributed by atoms with Crippen LogP contribution < -0.4 is 5.32 Å². The summed E-state index contributed by atoms with van der Waals surface area (Å²) in [6.07, 6.45) is 0. The van der Waals surface area contributed by atoms with E-state index in [-0.39, 0.29) is 17.2 Å². The number of carbonyl (C=O) groups excluding carboxylic acids is 2. The fraction of sp³-hybridized carbons (Fsp3) is 0.500. The lowest BCUT2D eigenvalue weighted by Gasteiger charge is -2.49. The molecule has 0 aliphatic carbocycles. The number of hydrogen-bond acceptors (Lipinski definition) is 9. The van der Waals surface area contributed by atoms with Gasteiger partial charge in [0.05, 0.1) is 0 Å². The number of rotatable bonds is 7. The number of nitrogens with one attached hydrogen (secondary N) is 2. The Labute approximate surface area is 181 Å². The summed E-state index contributed by atoms with van der Waals surface area (Å²) in [5.41, 5.74) is -5.49. The van der Waals surface area contributed by atoms with E-state index in [1.807, 2.05) is 5.32 Å². The molecule has 0 spiro atoms. The highest BCUT2D eigenvalue weighted by Crippen LogP contribution is 2.41. The number of carboxylic acids is 1. The number of aryl methyl sites for hydroxylation is 1. The van der Waals surface area contributed by atoms with Crippen LogP contribution >= 0.6 is 23.5 Å². The number of carboxylic acid groups (broad SMARTS) is 1. The number of fused-ring (bicyclic) bond motifs is 1. The van der Waals surface area contributed by atoms with Gasteiger partial charge in [-0.1, -0.05) is 11.8 Å². The van der Waals surface area contributed by atoms with Crippen molar-refractivity contribution in [2.45, 2.75) is 29.0 Å². The largest absolute Gasteiger partial charge is 0.497 e. The molecule has 2 amide bonds. The van der Waals surface area contributed by atoms with Crippen LogP contribution in [0, 0.1) is 6.92 Å². The van der Waals surface area contributed by atoms with Crippen LogP contribution in [-0.2, 0) is 24.2 Å². The number of β-lactam (4-membered cyclic amide) rings is 1. The molecule has 1 fully saturated rings. The van der Waals surface area contributed by atoms with E-state index in [2.05, 4.69) is 15.2 Å². The van der Waals surface area contributed by atoms with E-state index >= 15 is 0 Å². The molecule has 17 heteroatoms. The summed E-state index contributed by atoms with van der Waals surface area (Å²) < 4.78 is 59.5. The molecule has 1 aromatic heterocycles. The predicted molar refractivity (Wildman–Crippen MR) is 101 cm³/mol. The number of aromatic amines is 1. The Kier molecular flexibility index (Phi) is 6.30. The lowest BCUT2D eigenvalue weighted by Crippen LogP contribution is -2.71. The predicted octanol–water partition coefficient (Wildman–Crippen LogP) is -0.122. The van der Waals surface area contributed by atoms with Gasteiger partial charge in [-0.05, 0) is 12.5 Å². The lowest BCUT2D eigenvalue weighted by molar-refractivity contribution is -0.150. The number of sulfone groups is 1. The summed E-state index contributed by atoms with van der Waals surface area (Å²) in [6, 6.07) is -1.33. The van der Waals surface area contributed by atoms with Crippen LogP contribution in [0.4, 0.5) is 13.2 Å². The van der Waals surface area contributed by atoms with Gasteiger partial charge >= 0.3 is 11.5 Å². The first-order valence-electron chi connectivity index (χ1n) is 8.32. The molecule has 2 aliphatic rings. The number of amides is 2. The molecular formula is C14H14F3N5O6S3. The summed E-state index contributed by atoms with van der Waals surface area (Å²) in [7, 11) is -5.70. The minimum absolute atomic E-state index is 0.166. The molecule has 31 heavy (non-hydrogen) atoms. The maximum absolute atomic E-state index is 12.4. The van der Waals surface area contributed by atoms with Gasteiger partial charge in [0.25, 0.3) is 15.7 Å². The highest BCUT2D eigenvalue weighted by atomic mass is 32.2. The van der Waals surface area contributed by atoms with E-state index in [0.717, 1.165) is 28.4 Å². The van der Waals surface area contributed by atoms with E-state index in [1.165, 1.54) is 0 Å². The maximum atomic E-state index is 12.4. The molecule has 11 nitrogen and oxygen atoms in total. The van der Waals surface area contributed by atoms with Crippen molar-refractivity contribution in [3.63, 3.8) is 0 Å². The lowest BCUT2D eigenvalue weighted by atomic mass is 10.0. The zero-order chi connectivity index (χ0) is 23.1. The number of aromatic nitrogens is 3. The molecule has 2 atom stereocenters. The quantitative estimate of drug-likeness (QED) is 0.339. The third kappa shape index (κ3) is 4.67. The Morgan fingerprint density at radius 3 is 2.65 bits per heavy atom. The maximum Gasteiger partial charge on any atom is 0.497 e. The van der Waals surface area contributed by atoms with Crippen LogP contribution in [0.15, 0.2) is 16.4 Å². The minimum atomic E-state index is -5.70. The van der Waals surface area contributed by atoms with Crippen LogP contribution in [0.5, 0.6) is 0 Å². The van der Waals surface area contributed by atoms with Gasteiger partial charge in [0, 0.05) is 11.5 Å². The van der Waals surface area contributed by atoms with E-state index < -0.39 is 50.3 Å². The van der Waals surface area contributed by atoms with Crippen molar-refractivity contribution in [1.82, 2.24) is 25.4 Å². The number of thioether (sulfide) groups is 2. The first-order valence-corrected chi connectivity index (χ1v) is 12.0. The molecule has 3 heterocycles. The Balaban J connectivity index is 1.70. The molecule has 3 N–H and O–H groups in total. The van der Waals surface area contributed by atoms with Gasteiger partial charge in [0.15, 0.2) is 0 Å². The smallest absolute Gasteiger partial charge is 0.477 e. The topological polar surface area (TPSA) is 162 Å². The van der Waals surface area contributed by atoms with E-state index in [9.17, 15) is 41.1 Å². The molecule has 0 bridgehead atoms. The summed E-state index contributed by atoms with van der Waals surface area (Å²) in [5, 5.41) is 17.6. The molecule has 0 saturated carbocycles. The zero-order valence-corrected chi connectivity index (χ0v) is 17.9. The number of carbonyl (C=O) groups is 3. The third-order valence-electron chi connectivity index (χ3n) is 4.19. The van der Waals surface area contributed by atoms with Crippen molar-refractivity contribution >= 4 is 51.1 Å². The van der Waals surface area contributed by atoms with Crippen LogP contribution in [0.2, 0.25) is 0 Å². The Morgan fingerprint density at radius 2 is 2.10 bits per heavy atom. The number of alkyl halides is 3. The number of hydrogen-bond donors (Lipinski definition) is 3. The molecule has 1 saturated heterocycles. The summed E-state index contributed by atoms with van der Waals surface area (Å²) in [5.74, 6) is -4.70. The van der Waals surface area contributed by atoms with Crippen LogP contribution in [-0.4, -0.2) is 85.6 Å². The fourth-order valence-electron chi connectivity index (χ4n) is 2.80. The minimum Gasteiger partial charge on any atom is -0.477 e. The van der Waals surface area contributed by atoms with Crippen molar-refractivity contribution in [3.8, 4) is 0 Å². The van der Waals surface area contributed by atoms with Crippen LogP contribution in [0.3, 0.4) is 0 Å². The van der Waals surface area contributed by atoms with Crippen LogP contribution in [0.25, 0.3) is 0 Å². The normalized spacial score (nSPS) is 21.5. The molecule has 170 valence electrons. The average Bonchev–Trinajstić information content (AvgIpc) is 3.07. The van der Waals surface area contributed by atoms with E-state index in [1.54, 1.807) is 6.92 Å². The van der Waals surface area contributed by atoms with Crippen molar-refractivity contribution in [2.75, 3.05) is 17.3 Å². The van der Waals surface area contributed by atoms with Gasteiger partial charge in [0.2, 0.25) is 11.1 Å². The third-order valence-corrected chi connectivity index (χ3v) is 7.81. The van der Waals surface area contributed by atoms with Crippen molar-refractivity contribution < 1.29 is 41.1 Å². The van der Waals surface area contributed by atoms with Gasteiger partial charge in [0.1, 0.15) is 28.7 Å². The molecule has 1 aromatic rings. The zero-order valence-electron chi connectivity index (χ0n) is 15.5. The van der Waals surface area contributed by atoms with Gasteiger partial charge < -0.3 is 10.4 Å². The second-order valence-corrected chi connectivity index (χ2v) is 10.4. The van der Waals surface area contributed by atoms with Crippen molar-refractivity contribution in [2.24, 2.45) is 0 Å². The highest BCUT2D eigenvalue weighted by molar-refractivity contribution is 8.01. The van der Waals surface area contributed by atoms with Gasteiger partial charge in [-0.2, -0.15) is 13.2 Å². The SMILES string of the molecule is Cc1nc(SCC2=C(C(=O)O)N3C(=O)C(NC(=O)CS(=O)(=O)C(F)(F)F)[C@H]3SC2)n[nH]1. The second-order valence-electron chi connectivity index (χ2n) is 6.41. The van der Waals surface area contributed by atoms with Crippen molar-refractivity contribution in [3.05, 3.63) is 17.1 Å². The first kappa shape index (κ1) is 23.4. The van der Waals surface area contributed by atoms with Crippen LogP contribution in [0.1, 0.15) is 5.82 Å². The van der Waals surface area contributed by atoms with E-state index in [0.29, 0.717) is 16.6 Å². The number of nitrogens with zero attached hydrogens (tertiary/aromatic N) is 3. The number of aliphatic carboxylic acids is 1. The summed E-state index contributed by atoms with van der Waals surface area (Å²) in [4.78, 5) is 40.9. The number of halogens is 3. The van der Waals surface area contributed by atoms with Gasteiger partial charge in [-0.15, -0.1) is 16.9 Å². The first-order chi connectivity index (χ1) is 14.3. The summed E-state index contributed by atoms with van der Waals surface area (Å²) >= 11 is 2.24. The molecular weight excluding hydrogens is 487 g/mol. The summed E-state index contributed by atoms with van der Waals surface area (Å²) in [6.45, 7) is 1.69. The Hall–Kier alpha value is -2.27. The Bertz CT molecular complexity index is 1070.